The van der Waals surface area contributed by atoms with Gasteiger partial charge in [-0.1, -0.05) is 0 Å². The van der Waals surface area contributed by atoms with E-state index in [1.54, 1.807) is 0 Å². The van der Waals surface area contributed by atoms with E-state index in [1.165, 1.54) is 0 Å². The van der Waals surface area contributed by atoms with Gasteiger partial charge in [0.1, 0.15) is 0 Å². The molecule has 30 valence electrons. The van der Waals surface area contributed by atoms with Crippen molar-refractivity contribution in [3.8, 4) is 0 Å². The second kappa shape index (κ2) is 15.6. The van der Waals surface area contributed by atoms with Gasteiger partial charge in [0, 0.05) is 0 Å². The van der Waals surface area contributed by atoms with Crippen LogP contribution in [-0.2, 0) is 0 Å². The van der Waals surface area contributed by atoms with Gasteiger partial charge in [-0.15, -0.1) is 0 Å². The fraction of sp³-hybridized carbons (Fsp3) is 0. The van der Waals surface area contributed by atoms with E-state index < -0.39 is 7.32 Å². The van der Waals surface area contributed by atoms with Crippen molar-refractivity contribution in [1.29, 1.82) is 0 Å². The van der Waals surface area contributed by atoms with Crippen LogP contribution in [0.4, 0.5) is 0 Å². The summed E-state index contributed by atoms with van der Waals surface area (Å²) in [5.41, 5.74) is 0. The first-order valence-electron chi connectivity index (χ1n) is 0.775. The van der Waals surface area contributed by atoms with Gasteiger partial charge in [-0.25, -0.2) is 0 Å². The molecule has 0 aromatic carbocycles. The van der Waals surface area contributed by atoms with E-state index in [9.17, 15) is 0 Å². The van der Waals surface area contributed by atoms with Crippen molar-refractivity contribution in [1.82, 2.24) is 0 Å². The predicted octanol–water partition coefficient (Wildman–Crippen LogP) is -4.00. The fourth-order valence-corrected chi connectivity index (χ4v) is 0. The summed E-state index contributed by atoms with van der Waals surface area (Å²) in [6, 6.07) is 0. The van der Waals surface area contributed by atoms with E-state index >= 15 is 0 Å². The molecule has 0 aromatic heterocycles. The Morgan fingerprint density at radius 1 is 0.714 bits per heavy atom. The van der Waals surface area contributed by atoms with Crippen molar-refractivity contribution in [2.45, 2.75) is 0 Å². The van der Waals surface area contributed by atoms with E-state index in [2.05, 4.69) is 0 Å². The zero-order valence-corrected chi connectivity index (χ0v) is 1.92. The molecule has 0 unspecified atom stereocenters. The summed E-state index contributed by atoms with van der Waals surface area (Å²) in [4.78, 5) is 0. The summed E-state index contributed by atoms with van der Waals surface area (Å²) in [5.74, 6) is 0. The van der Waals surface area contributed by atoms with Gasteiger partial charge in [0.2, 0.25) is 0 Å². The average molecular weight is 85.7 g/mol. The molecule has 7 heavy (non-hydrogen) atoms. The second-order valence-electron chi connectivity index (χ2n) is 0.346. The Labute approximate surface area is 78.6 Å². The molecular weight excluding hydrogens is 79.6 g/mol. The predicted molar refractivity (Wildman–Crippen MR) is 33.9 cm³/mol. The monoisotopic (exact) mass is 86.1 g/mol. The minimum atomic E-state index is -2.17. The number of rotatable bonds is 0. The molecule has 0 bridgehead atoms. The summed E-state index contributed by atoms with van der Waals surface area (Å²) < 4.78 is 0. The van der Waals surface area contributed by atoms with Gasteiger partial charge in [0.15, 0.2) is 0 Å². The van der Waals surface area contributed by atoms with Crippen molar-refractivity contribution in [2.24, 2.45) is 0 Å². The summed E-state index contributed by atoms with van der Waals surface area (Å²) in [6.07, 6.45) is 0. The van der Waals surface area contributed by atoms with Crippen LogP contribution in [-0.4, -0.2) is 79.0 Å². The molecule has 0 aromatic rings. The summed E-state index contributed by atoms with van der Waals surface area (Å²) in [6.45, 7) is 0. The van der Waals surface area contributed by atoms with Crippen molar-refractivity contribution in [3.05, 3.63) is 0 Å². The van der Waals surface area contributed by atoms with Crippen molar-refractivity contribution in [2.75, 3.05) is 0 Å². The maximum atomic E-state index is 7.17. The zero-order valence-electron chi connectivity index (χ0n) is 1.92. The SMILES string of the molecule is OB(O)O.[LiH].[LiH].[LiH]. The molecule has 3 N–H and O–H groups in total. The molecule has 0 radical (unpaired) electrons. The molecule has 0 aliphatic carbocycles. The van der Waals surface area contributed by atoms with Crippen LogP contribution in [0.5, 0.6) is 0 Å². The topological polar surface area (TPSA) is 60.7 Å². The zero-order chi connectivity index (χ0) is 3.58. The van der Waals surface area contributed by atoms with Crippen LogP contribution in [0, 0.1) is 0 Å². The quantitative estimate of drug-likeness (QED) is 0.263. The van der Waals surface area contributed by atoms with E-state index in [4.69, 9.17) is 15.1 Å². The van der Waals surface area contributed by atoms with E-state index in [0.29, 0.717) is 0 Å². The standard InChI is InChI=1S/BH3O3.3Li.3H/c2-1(3)4;;;;;;/h2-4H;;;;;;. The summed E-state index contributed by atoms with van der Waals surface area (Å²) in [5, 5.41) is 21.5. The Morgan fingerprint density at radius 2 is 0.714 bits per heavy atom. The van der Waals surface area contributed by atoms with E-state index in [-0.39, 0.29) is 56.6 Å². The molecule has 0 fully saturated rings. The van der Waals surface area contributed by atoms with E-state index in [1.807, 2.05) is 0 Å². The molecule has 0 aliphatic heterocycles. The van der Waals surface area contributed by atoms with Gasteiger partial charge >= 0.3 is 63.9 Å². The maximum absolute atomic E-state index is 7.17. The van der Waals surface area contributed by atoms with Gasteiger partial charge in [0.05, 0.1) is 0 Å². The summed E-state index contributed by atoms with van der Waals surface area (Å²) in [7, 11) is -2.17. The first-order valence-corrected chi connectivity index (χ1v) is 0.775. The third-order valence-electron chi connectivity index (χ3n) is 0. The molecule has 0 aliphatic rings. The molecule has 0 spiro atoms. The van der Waals surface area contributed by atoms with Gasteiger partial charge in [-0.2, -0.15) is 0 Å². The van der Waals surface area contributed by atoms with Crippen LogP contribution in [0.1, 0.15) is 0 Å². The van der Waals surface area contributed by atoms with Crippen LogP contribution in [0.15, 0.2) is 0 Å². The molecule has 0 atom stereocenters. The van der Waals surface area contributed by atoms with Crippen molar-refractivity contribution < 1.29 is 15.1 Å². The molecule has 0 saturated heterocycles. The normalized spacial score (nSPS) is 3.86. The Kier molecular flexibility index (Phi) is 52.1. The molecule has 3 nitrogen and oxygen atoms in total. The van der Waals surface area contributed by atoms with Gasteiger partial charge < -0.3 is 15.1 Å². The van der Waals surface area contributed by atoms with Crippen LogP contribution < -0.4 is 0 Å². The van der Waals surface area contributed by atoms with Crippen LogP contribution in [0.2, 0.25) is 0 Å². The Bertz CT molecular complexity index is 14.9. The fourth-order valence-electron chi connectivity index (χ4n) is 0. The first kappa shape index (κ1) is 23.3. The number of hydrogen-bond acceptors (Lipinski definition) is 3. The van der Waals surface area contributed by atoms with E-state index in [0.717, 1.165) is 0 Å². The van der Waals surface area contributed by atoms with Gasteiger partial charge in [-0.3, -0.25) is 0 Å². The van der Waals surface area contributed by atoms with Crippen molar-refractivity contribution >= 4 is 63.9 Å². The Balaban J connectivity index is -0.0000000150. The molecular formula is H6BLi3O3. The first-order chi connectivity index (χ1) is 1.73. The summed E-state index contributed by atoms with van der Waals surface area (Å²) >= 11 is 0. The molecule has 0 saturated carbocycles. The molecule has 0 heterocycles. The molecule has 7 heteroatoms. The van der Waals surface area contributed by atoms with Gasteiger partial charge in [0.25, 0.3) is 0 Å². The number of hydrogen-bond donors (Lipinski definition) is 3. The molecule has 0 amide bonds. The van der Waals surface area contributed by atoms with Crippen LogP contribution in [0.25, 0.3) is 0 Å². The van der Waals surface area contributed by atoms with Crippen molar-refractivity contribution in [3.63, 3.8) is 0 Å². The Hall–Kier alpha value is 1.74. The van der Waals surface area contributed by atoms with Crippen LogP contribution in [0.3, 0.4) is 0 Å². The Morgan fingerprint density at radius 3 is 0.714 bits per heavy atom. The minimum absolute atomic E-state index is 0. The third-order valence-corrected chi connectivity index (χ3v) is 0. The second-order valence-corrected chi connectivity index (χ2v) is 0.346. The molecule has 0 rings (SSSR count). The van der Waals surface area contributed by atoms with Gasteiger partial charge in [-0.05, 0) is 0 Å². The average Bonchev–Trinajstić information content (AvgIpc) is 0.811. The third kappa shape index (κ3) is 84.4. The van der Waals surface area contributed by atoms with Crippen LogP contribution >= 0.6 is 0 Å².